The fourth-order valence-corrected chi connectivity index (χ4v) is 2.10. The predicted octanol–water partition coefficient (Wildman–Crippen LogP) is 4.33. The van der Waals surface area contributed by atoms with Crippen LogP contribution < -0.4 is 0 Å². The minimum atomic E-state index is 0.766. The van der Waals surface area contributed by atoms with Crippen LogP contribution in [0.5, 0.6) is 0 Å². The fourth-order valence-electron chi connectivity index (χ4n) is 2.10. The summed E-state index contributed by atoms with van der Waals surface area (Å²) in [5, 5.41) is 0. The summed E-state index contributed by atoms with van der Waals surface area (Å²) >= 11 is 0. The molecule has 0 aliphatic carbocycles. The molecule has 0 spiro atoms. The second kappa shape index (κ2) is 6.67. The van der Waals surface area contributed by atoms with Gasteiger partial charge in [0.1, 0.15) is 0 Å². The van der Waals surface area contributed by atoms with Crippen LogP contribution in [0.25, 0.3) is 0 Å². The van der Waals surface area contributed by atoms with Crippen LogP contribution in [0.4, 0.5) is 0 Å². The van der Waals surface area contributed by atoms with Crippen molar-refractivity contribution < 1.29 is 0 Å². The Kier molecular flexibility index (Phi) is 5.51. The molecule has 1 aromatic rings. The topological polar surface area (TPSA) is 12.9 Å². The summed E-state index contributed by atoms with van der Waals surface area (Å²) < 4.78 is 0. The monoisotopic (exact) mass is 219 g/mol. The first-order valence-corrected chi connectivity index (χ1v) is 6.52. The molecule has 2 atom stereocenters. The zero-order valence-electron chi connectivity index (χ0n) is 11.1. The van der Waals surface area contributed by atoms with Gasteiger partial charge in [0, 0.05) is 12.4 Å². The Bertz CT molecular complexity index is 279. The summed E-state index contributed by atoms with van der Waals surface area (Å²) in [6, 6.07) is 4.29. The highest BCUT2D eigenvalue weighted by atomic mass is 14.6. The van der Waals surface area contributed by atoms with E-state index in [4.69, 9.17) is 0 Å². The van der Waals surface area contributed by atoms with Gasteiger partial charge in [0.25, 0.3) is 0 Å². The Morgan fingerprint density at radius 3 is 2.25 bits per heavy atom. The van der Waals surface area contributed by atoms with Crippen molar-refractivity contribution >= 4 is 0 Å². The lowest BCUT2D eigenvalue weighted by Gasteiger charge is -2.24. The number of aromatic nitrogens is 1. The van der Waals surface area contributed by atoms with Crippen LogP contribution in [-0.2, 0) is 6.42 Å². The van der Waals surface area contributed by atoms with E-state index in [-0.39, 0.29) is 0 Å². The van der Waals surface area contributed by atoms with Gasteiger partial charge in [-0.25, -0.2) is 0 Å². The van der Waals surface area contributed by atoms with Crippen LogP contribution in [0.1, 0.15) is 46.1 Å². The first kappa shape index (κ1) is 13.2. The Hall–Kier alpha value is -0.850. The standard InChI is InChI=1S/C15H25N/c1-5-13(4)10-15(12(2)3)11-14-6-8-16-9-7-14/h6-9,12-13,15H,5,10-11H2,1-4H3. The zero-order chi connectivity index (χ0) is 12.0. The Morgan fingerprint density at radius 1 is 1.12 bits per heavy atom. The Balaban J connectivity index is 2.58. The van der Waals surface area contributed by atoms with Gasteiger partial charge in [-0.2, -0.15) is 0 Å². The van der Waals surface area contributed by atoms with E-state index in [1.807, 2.05) is 12.4 Å². The molecule has 0 bridgehead atoms. The van der Waals surface area contributed by atoms with Crippen LogP contribution in [0.15, 0.2) is 24.5 Å². The molecule has 90 valence electrons. The van der Waals surface area contributed by atoms with Crippen molar-refractivity contribution in [2.75, 3.05) is 0 Å². The van der Waals surface area contributed by atoms with Crippen LogP contribution in [0, 0.1) is 17.8 Å². The molecular weight excluding hydrogens is 194 g/mol. The van der Waals surface area contributed by atoms with Crippen LogP contribution >= 0.6 is 0 Å². The van der Waals surface area contributed by atoms with E-state index in [1.54, 1.807) is 0 Å². The second-order valence-electron chi connectivity index (χ2n) is 5.31. The van der Waals surface area contributed by atoms with Gasteiger partial charge < -0.3 is 0 Å². The first-order chi connectivity index (χ1) is 7.63. The van der Waals surface area contributed by atoms with Gasteiger partial charge in [0.2, 0.25) is 0 Å². The van der Waals surface area contributed by atoms with Crippen LogP contribution in [0.3, 0.4) is 0 Å². The van der Waals surface area contributed by atoms with Gasteiger partial charge in [-0.1, -0.05) is 34.1 Å². The summed E-state index contributed by atoms with van der Waals surface area (Å²) in [6.45, 7) is 9.33. The lowest BCUT2D eigenvalue weighted by Crippen LogP contribution is -2.15. The highest BCUT2D eigenvalue weighted by molar-refractivity contribution is 5.10. The molecule has 1 rings (SSSR count). The van der Waals surface area contributed by atoms with Crippen molar-refractivity contribution in [3.63, 3.8) is 0 Å². The van der Waals surface area contributed by atoms with Gasteiger partial charge in [0.15, 0.2) is 0 Å². The van der Waals surface area contributed by atoms with E-state index in [2.05, 4.69) is 44.8 Å². The quantitative estimate of drug-likeness (QED) is 0.694. The maximum Gasteiger partial charge on any atom is 0.0270 e. The van der Waals surface area contributed by atoms with E-state index in [9.17, 15) is 0 Å². The van der Waals surface area contributed by atoms with Gasteiger partial charge in [-0.15, -0.1) is 0 Å². The van der Waals surface area contributed by atoms with Crippen molar-refractivity contribution in [3.05, 3.63) is 30.1 Å². The van der Waals surface area contributed by atoms with E-state index < -0.39 is 0 Å². The summed E-state index contributed by atoms with van der Waals surface area (Å²) in [7, 11) is 0. The molecule has 16 heavy (non-hydrogen) atoms. The largest absolute Gasteiger partial charge is 0.265 e. The van der Waals surface area contributed by atoms with Crippen molar-refractivity contribution in [3.8, 4) is 0 Å². The Labute approximate surface area is 100 Å². The molecule has 1 heterocycles. The fraction of sp³-hybridized carbons (Fsp3) is 0.667. The minimum Gasteiger partial charge on any atom is -0.265 e. The number of hydrogen-bond acceptors (Lipinski definition) is 1. The molecule has 1 heteroatoms. The van der Waals surface area contributed by atoms with Gasteiger partial charge >= 0.3 is 0 Å². The van der Waals surface area contributed by atoms with E-state index in [0.717, 1.165) is 17.8 Å². The molecule has 2 unspecified atom stereocenters. The van der Waals surface area contributed by atoms with E-state index in [0.29, 0.717) is 0 Å². The van der Waals surface area contributed by atoms with Gasteiger partial charge in [-0.3, -0.25) is 4.98 Å². The maximum absolute atomic E-state index is 4.07. The second-order valence-corrected chi connectivity index (χ2v) is 5.31. The van der Waals surface area contributed by atoms with E-state index in [1.165, 1.54) is 24.8 Å². The van der Waals surface area contributed by atoms with Crippen molar-refractivity contribution in [1.29, 1.82) is 0 Å². The lowest BCUT2D eigenvalue weighted by atomic mass is 9.82. The van der Waals surface area contributed by atoms with Gasteiger partial charge in [0.05, 0.1) is 0 Å². The van der Waals surface area contributed by atoms with Crippen LogP contribution in [0.2, 0.25) is 0 Å². The van der Waals surface area contributed by atoms with Crippen molar-refractivity contribution in [2.45, 2.75) is 47.0 Å². The normalized spacial score (nSPS) is 15.1. The molecule has 0 saturated carbocycles. The third kappa shape index (κ3) is 4.34. The molecule has 0 aliphatic rings. The van der Waals surface area contributed by atoms with Crippen molar-refractivity contribution in [1.82, 2.24) is 4.98 Å². The highest BCUT2D eigenvalue weighted by Gasteiger charge is 2.16. The first-order valence-electron chi connectivity index (χ1n) is 6.52. The summed E-state index contributed by atoms with van der Waals surface area (Å²) in [5.74, 6) is 2.41. The third-order valence-corrected chi connectivity index (χ3v) is 3.59. The molecule has 0 saturated heterocycles. The molecule has 0 amide bonds. The Morgan fingerprint density at radius 2 is 1.75 bits per heavy atom. The predicted molar refractivity (Wildman–Crippen MR) is 70.3 cm³/mol. The highest BCUT2D eigenvalue weighted by Crippen LogP contribution is 2.25. The average Bonchev–Trinajstić information content (AvgIpc) is 2.29. The van der Waals surface area contributed by atoms with Crippen LogP contribution in [-0.4, -0.2) is 4.98 Å². The number of pyridine rings is 1. The third-order valence-electron chi connectivity index (χ3n) is 3.59. The molecular formula is C15H25N. The summed E-state index contributed by atoms with van der Waals surface area (Å²) in [4.78, 5) is 4.07. The molecule has 0 fully saturated rings. The van der Waals surface area contributed by atoms with Gasteiger partial charge in [-0.05, 0) is 48.3 Å². The molecule has 0 N–H and O–H groups in total. The average molecular weight is 219 g/mol. The number of rotatable bonds is 6. The zero-order valence-corrected chi connectivity index (χ0v) is 11.1. The molecule has 0 aliphatic heterocycles. The maximum atomic E-state index is 4.07. The SMILES string of the molecule is CCC(C)CC(Cc1ccncc1)C(C)C. The number of nitrogens with zero attached hydrogens (tertiary/aromatic N) is 1. The lowest BCUT2D eigenvalue weighted by molar-refractivity contribution is 0.301. The van der Waals surface area contributed by atoms with Crippen molar-refractivity contribution in [2.24, 2.45) is 17.8 Å². The summed E-state index contributed by atoms with van der Waals surface area (Å²) in [5.41, 5.74) is 1.43. The molecule has 1 aromatic heterocycles. The molecule has 0 aromatic carbocycles. The number of hydrogen-bond donors (Lipinski definition) is 0. The molecule has 1 nitrogen and oxygen atoms in total. The van der Waals surface area contributed by atoms with E-state index >= 15 is 0 Å². The smallest absolute Gasteiger partial charge is 0.0270 e. The minimum absolute atomic E-state index is 0.766. The summed E-state index contributed by atoms with van der Waals surface area (Å²) in [6.07, 6.45) is 7.63. The molecule has 0 radical (unpaired) electrons.